The number of nitrogens with zero attached hydrogens (tertiary/aromatic N) is 1. The van der Waals surface area contributed by atoms with Crippen molar-refractivity contribution in [2.75, 3.05) is 33.4 Å². The van der Waals surface area contributed by atoms with Crippen LogP contribution in [0.1, 0.15) is 19.3 Å². The van der Waals surface area contributed by atoms with Gasteiger partial charge in [0.2, 0.25) is 11.8 Å². The Morgan fingerprint density at radius 1 is 1.50 bits per heavy atom. The van der Waals surface area contributed by atoms with Crippen LogP contribution in [0.15, 0.2) is 0 Å². The second-order valence-corrected chi connectivity index (χ2v) is 5.26. The lowest BCUT2D eigenvalue weighted by Gasteiger charge is -2.35. The molecule has 1 aliphatic carbocycles. The highest BCUT2D eigenvalue weighted by molar-refractivity contribution is 5.88. The van der Waals surface area contributed by atoms with Gasteiger partial charge in [-0.15, -0.1) is 0 Å². The fourth-order valence-corrected chi connectivity index (χ4v) is 2.22. The predicted octanol–water partition coefficient (Wildman–Crippen LogP) is -1.14. The summed E-state index contributed by atoms with van der Waals surface area (Å²) in [6.07, 6.45) is 1.93. The summed E-state index contributed by atoms with van der Waals surface area (Å²) < 4.78 is 10.5. The molecule has 7 nitrogen and oxygen atoms in total. The molecule has 0 radical (unpaired) electrons. The van der Waals surface area contributed by atoms with E-state index in [-0.39, 0.29) is 43.5 Å². The average Bonchev–Trinajstić information content (AvgIpc) is 3.28. The zero-order valence-electron chi connectivity index (χ0n) is 11.8. The van der Waals surface area contributed by atoms with Crippen LogP contribution in [-0.2, 0) is 19.1 Å². The molecule has 2 rings (SSSR count). The maximum absolute atomic E-state index is 12.3. The Hall–Kier alpha value is -1.18. The Labute approximate surface area is 118 Å². The molecular weight excluding hydrogens is 262 g/mol. The lowest BCUT2D eigenvalue weighted by atomic mass is 10.1. The summed E-state index contributed by atoms with van der Waals surface area (Å²) in [5.74, 6) is -0.233. The molecule has 20 heavy (non-hydrogen) atoms. The highest BCUT2D eigenvalue weighted by Gasteiger charge is 2.35. The first-order chi connectivity index (χ1) is 9.65. The third-order valence-corrected chi connectivity index (χ3v) is 3.67. The van der Waals surface area contributed by atoms with E-state index in [1.807, 2.05) is 0 Å². The molecule has 1 saturated carbocycles. The molecule has 0 spiro atoms. The van der Waals surface area contributed by atoms with Crippen molar-refractivity contribution in [2.45, 2.75) is 37.5 Å². The van der Waals surface area contributed by atoms with Gasteiger partial charge in [0.05, 0.1) is 25.7 Å². The maximum Gasteiger partial charge on any atom is 0.245 e. The molecule has 2 amide bonds. The predicted molar refractivity (Wildman–Crippen MR) is 72.0 cm³/mol. The molecule has 0 aromatic heterocycles. The van der Waals surface area contributed by atoms with E-state index in [2.05, 4.69) is 5.32 Å². The van der Waals surface area contributed by atoms with E-state index in [9.17, 15) is 9.59 Å². The number of rotatable bonds is 6. The van der Waals surface area contributed by atoms with Crippen LogP contribution in [0.25, 0.3) is 0 Å². The van der Waals surface area contributed by atoms with Crippen molar-refractivity contribution in [3.05, 3.63) is 0 Å². The SMILES string of the molecule is COC(CN)CC(=O)N1CCOCC1C(=O)NC1CC1. The molecule has 0 aromatic rings. The van der Waals surface area contributed by atoms with E-state index >= 15 is 0 Å². The number of ether oxygens (including phenoxy) is 2. The van der Waals surface area contributed by atoms with Crippen LogP contribution in [0.4, 0.5) is 0 Å². The molecule has 114 valence electrons. The number of hydrogen-bond acceptors (Lipinski definition) is 5. The van der Waals surface area contributed by atoms with Crippen molar-refractivity contribution in [3.63, 3.8) is 0 Å². The summed E-state index contributed by atoms with van der Waals surface area (Å²) in [7, 11) is 1.53. The van der Waals surface area contributed by atoms with Crippen molar-refractivity contribution in [1.29, 1.82) is 0 Å². The zero-order chi connectivity index (χ0) is 14.5. The molecular formula is C13H23N3O4. The molecule has 0 aromatic carbocycles. The van der Waals surface area contributed by atoms with Crippen molar-refractivity contribution in [2.24, 2.45) is 5.73 Å². The Morgan fingerprint density at radius 3 is 2.85 bits per heavy atom. The van der Waals surface area contributed by atoms with Gasteiger partial charge >= 0.3 is 0 Å². The van der Waals surface area contributed by atoms with E-state index in [1.165, 1.54) is 7.11 Å². The van der Waals surface area contributed by atoms with Crippen LogP contribution >= 0.6 is 0 Å². The normalized spacial score (nSPS) is 24.3. The van der Waals surface area contributed by atoms with E-state index in [4.69, 9.17) is 15.2 Å². The van der Waals surface area contributed by atoms with E-state index in [0.717, 1.165) is 12.8 Å². The number of nitrogens with two attached hydrogens (primary N) is 1. The third-order valence-electron chi connectivity index (χ3n) is 3.67. The van der Waals surface area contributed by atoms with Crippen LogP contribution in [0.3, 0.4) is 0 Å². The first-order valence-electron chi connectivity index (χ1n) is 7.06. The van der Waals surface area contributed by atoms with Crippen molar-refractivity contribution >= 4 is 11.8 Å². The van der Waals surface area contributed by atoms with Gasteiger partial charge < -0.3 is 25.4 Å². The number of methoxy groups -OCH3 is 1. The summed E-state index contributed by atoms with van der Waals surface area (Å²) in [4.78, 5) is 26.0. The smallest absolute Gasteiger partial charge is 0.245 e. The molecule has 1 aliphatic heterocycles. The van der Waals surface area contributed by atoms with Gasteiger partial charge in [-0.1, -0.05) is 0 Å². The largest absolute Gasteiger partial charge is 0.380 e. The van der Waals surface area contributed by atoms with Crippen LogP contribution in [0.5, 0.6) is 0 Å². The second kappa shape index (κ2) is 7.01. The number of hydrogen-bond donors (Lipinski definition) is 2. The highest BCUT2D eigenvalue weighted by Crippen LogP contribution is 2.20. The quantitative estimate of drug-likeness (QED) is 0.643. The molecule has 2 aliphatic rings. The minimum Gasteiger partial charge on any atom is -0.380 e. The van der Waals surface area contributed by atoms with Crippen molar-refractivity contribution in [1.82, 2.24) is 10.2 Å². The van der Waals surface area contributed by atoms with Gasteiger partial charge in [-0.3, -0.25) is 9.59 Å². The number of nitrogens with one attached hydrogen (secondary N) is 1. The van der Waals surface area contributed by atoms with Gasteiger partial charge in [0.25, 0.3) is 0 Å². The summed E-state index contributed by atoms with van der Waals surface area (Å²) in [5, 5.41) is 2.92. The average molecular weight is 285 g/mol. The minimum atomic E-state index is -0.535. The Kier molecular flexibility index (Phi) is 5.33. The Morgan fingerprint density at radius 2 is 2.25 bits per heavy atom. The zero-order valence-corrected chi connectivity index (χ0v) is 11.8. The van der Waals surface area contributed by atoms with E-state index in [0.29, 0.717) is 13.2 Å². The van der Waals surface area contributed by atoms with Gasteiger partial charge in [0.1, 0.15) is 6.04 Å². The Balaban J connectivity index is 1.94. The van der Waals surface area contributed by atoms with Crippen LogP contribution in [0.2, 0.25) is 0 Å². The fourth-order valence-electron chi connectivity index (χ4n) is 2.22. The number of carbonyl (C=O) groups excluding carboxylic acids is 2. The summed E-state index contributed by atoms with van der Waals surface area (Å²) in [6.45, 7) is 1.43. The molecule has 1 heterocycles. The van der Waals surface area contributed by atoms with Crippen LogP contribution in [-0.4, -0.2) is 68.3 Å². The number of morpholine rings is 1. The van der Waals surface area contributed by atoms with Crippen LogP contribution in [0, 0.1) is 0 Å². The second-order valence-electron chi connectivity index (χ2n) is 5.26. The fraction of sp³-hybridized carbons (Fsp3) is 0.846. The van der Waals surface area contributed by atoms with E-state index < -0.39 is 6.04 Å². The molecule has 1 saturated heterocycles. The van der Waals surface area contributed by atoms with Gasteiger partial charge in [-0.2, -0.15) is 0 Å². The third kappa shape index (κ3) is 3.91. The van der Waals surface area contributed by atoms with Gasteiger partial charge in [0.15, 0.2) is 0 Å². The topological polar surface area (TPSA) is 93.9 Å². The number of carbonyl (C=O) groups is 2. The monoisotopic (exact) mass is 285 g/mol. The van der Waals surface area contributed by atoms with E-state index in [1.54, 1.807) is 4.90 Å². The van der Waals surface area contributed by atoms with Gasteiger partial charge in [-0.25, -0.2) is 0 Å². The molecule has 0 bridgehead atoms. The molecule has 7 heteroatoms. The summed E-state index contributed by atoms with van der Waals surface area (Å²) in [6, 6.07) is -0.260. The van der Waals surface area contributed by atoms with Gasteiger partial charge in [0, 0.05) is 26.2 Å². The first kappa shape index (κ1) is 15.2. The summed E-state index contributed by atoms with van der Waals surface area (Å²) >= 11 is 0. The Bertz CT molecular complexity index is 356. The lowest BCUT2D eigenvalue weighted by Crippen LogP contribution is -2.56. The molecule has 2 fully saturated rings. The number of amides is 2. The van der Waals surface area contributed by atoms with Crippen molar-refractivity contribution in [3.8, 4) is 0 Å². The highest BCUT2D eigenvalue weighted by atomic mass is 16.5. The van der Waals surface area contributed by atoms with Crippen molar-refractivity contribution < 1.29 is 19.1 Å². The minimum absolute atomic E-state index is 0.110. The van der Waals surface area contributed by atoms with Gasteiger partial charge in [-0.05, 0) is 12.8 Å². The lowest BCUT2D eigenvalue weighted by molar-refractivity contribution is -0.150. The standard InChI is InChI=1S/C13H23N3O4/c1-19-10(7-14)6-12(17)16-4-5-20-8-11(16)13(18)15-9-2-3-9/h9-11H,2-8,14H2,1H3,(H,15,18). The summed E-state index contributed by atoms with van der Waals surface area (Å²) in [5.41, 5.74) is 5.53. The first-order valence-corrected chi connectivity index (χ1v) is 7.06. The maximum atomic E-state index is 12.3. The molecule has 2 unspecified atom stereocenters. The van der Waals surface area contributed by atoms with Crippen LogP contribution < -0.4 is 11.1 Å². The molecule has 3 N–H and O–H groups in total. The molecule has 2 atom stereocenters.